The molecule has 0 aliphatic carbocycles. The molecule has 1 aliphatic heterocycles. The lowest BCUT2D eigenvalue weighted by Crippen LogP contribution is -2.00. The van der Waals surface area contributed by atoms with Crippen LogP contribution in [0.15, 0.2) is 41.0 Å². The van der Waals surface area contributed by atoms with Crippen LogP contribution in [-0.2, 0) is 6.42 Å². The lowest BCUT2D eigenvalue weighted by molar-refractivity contribution is 0.537. The van der Waals surface area contributed by atoms with E-state index in [1.807, 2.05) is 0 Å². The van der Waals surface area contributed by atoms with Gasteiger partial charge < -0.3 is 0 Å². The fraction of sp³-hybridized carbons (Fsp3) is 0.385. The van der Waals surface area contributed by atoms with Gasteiger partial charge in [0, 0.05) is 7.27 Å². The fourth-order valence-corrected chi connectivity index (χ4v) is 5.22. The van der Waals surface area contributed by atoms with Gasteiger partial charge in [-0.15, -0.1) is 0 Å². The lowest BCUT2D eigenvalue weighted by atomic mass is 9.95. The zero-order chi connectivity index (χ0) is 11.1. The van der Waals surface area contributed by atoms with E-state index in [9.17, 15) is 0 Å². The Kier molecular flexibility index (Phi) is 2.92. The van der Waals surface area contributed by atoms with Crippen LogP contribution >= 0.6 is 18.5 Å². The zero-order valence-corrected chi connectivity index (χ0v) is 11.1. The van der Waals surface area contributed by atoms with Gasteiger partial charge in [0.05, 0.1) is 0 Å². The Morgan fingerprint density at radius 1 is 1.13 bits per heavy atom. The molecule has 1 aliphatic rings. The molecule has 0 bridgehead atoms. The number of hydrogen-bond acceptors (Lipinski definition) is 0. The predicted octanol–water partition coefficient (Wildman–Crippen LogP) is 5.14. The molecule has 1 atom stereocenters. The molecular weight excluding hydrogens is 223 g/mol. The molecule has 0 aromatic heterocycles. The second kappa shape index (κ2) is 3.92. The normalized spacial score (nSPS) is 20.7. The van der Waals surface area contributed by atoms with Crippen molar-refractivity contribution >= 4 is 18.5 Å². The maximum Gasteiger partial charge on any atom is 0.0458 e. The Balaban J connectivity index is 2.13. The van der Waals surface area contributed by atoms with Crippen molar-refractivity contribution in [3.8, 4) is 0 Å². The molecule has 15 heavy (non-hydrogen) atoms. The minimum atomic E-state index is -0.403. The van der Waals surface area contributed by atoms with Gasteiger partial charge >= 0.3 is 0 Å². The van der Waals surface area contributed by atoms with Crippen molar-refractivity contribution in [2.75, 3.05) is 0 Å². The average Bonchev–Trinajstić information content (AvgIpc) is 2.77. The molecule has 0 N–H and O–H groups in total. The number of rotatable bonds is 2. The smallest absolute Gasteiger partial charge is 0.0458 e. The summed E-state index contributed by atoms with van der Waals surface area (Å²) in [5, 5.41) is 2.99. The van der Waals surface area contributed by atoms with E-state index in [1.54, 1.807) is 0 Å². The summed E-state index contributed by atoms with van der Waals surface area (Å²) in [7, 11) is -0.403. The van der Waals surface area contributed by atoms with E-state index < -0.39 is 7.27 Å². The summed E-state index contributed by atoms with van der Waals surface area (Å²) in [6.45, 7) is 6.74. The summed E-state index contributed by atoms with van der Waals surface area (Å²) in [6.07, 6.45) is 1.04. The molecule has 1 aromatic rings. The summed E-state index contributed by atoms with van der Waals surface area (Å²) in [4.78, 5) is 0. The van der Waals surface area contributed by atoms with Gasteiger partial charge in [-0.25, -0.2) is 0 Å². The van der Waals surface area contributed by atoms with E-state index in [2.05, 4.69) is 51.1 Å². The molecule has 0 unspecified atom stereocenters. The highest BCUT2D eigenvalue weighted by molar-refractivity contribution is 7.96. The minimum Gasteiger partial charge on any atom is -0.0865 e. The molecule has 1 aromatic carbocycles. The van der Waals surface area contributed by atoms with Crippen LogP contribution in [0, 0.1) is 5.41 Å². The molecule has 2 heteroatoms. The van der Waals surface area contributed by atoms with Crippen molar-refractivity contribution < 1.29 is 0 Å². The first kappa shape index (κ1) is 11.2. The largest absolute Gasteiger partial charge is 0.0865 e. The Morgan fingerprint density at radius 3 is 2.20 bits per heavy atom. The van der Waals surface area contributed by atoms with E-state index in [0.29, 0.717) is 0 Å². The topological polar surface area (TPSA) is 0 Å². The third kappa shape index (κ3) is 2.44. The van der Waals surface area contributed by atoms with Crippen molar-refractivity contribution in [3.63, 3.8) is 0 Å². The highest BCUT2D eigenvalue weighted by Gasteiger charge is 2.41. The maximum atomic E-state index is 6.34. The van der Waals surface area contributed by atoms with Crippen molar-refractivity contribution in [1.29, 1.82) is 0 Å². The average molecular weight is 239 g/mol. The standard InChI is InChI=1S/C13H16ClP/c1-13(2,3)12-11(15(12)14)9-10-7-5-4-6-8-10/h4-8H,9H2,1-3H3/t15-/m1/s1. The summed E-state index contributed by atoms with van der Waals surface area (Å²) in [6, 6.07) is 10.6. The van der Waals surface area contributed by atoms with E-state index in [0.717, 1.165) is 6.42 Å². The molecule has 0 radical (unpaired) electrons. The van der Waals surface area contributed by atoms with Gasteiger partial charge in [-0.2, -0.15) is 0 Å². The monoisotopic (exact) mass is 238 g/mol. The van der Waals surface area contributed by atoms with Crippen LogP contribution in [0.4, 0.5) is 0 Å². The first-order chi connectivity index (χ1) is 7.00. The van der Waals surface area contributed by atoms with Gasteiger partial charge in [0.1, 0.15) is 0 Å². The number of allylic oxidation sites excluding steroid dienone is 2. The van der Waals surface area contributed by atoms with E-state index >= 15 is 0 Å². The van der Waals surface area contributed by atoms with E-state index in [4.69, 9.17) is 11.2 Å². The van der Waals surface area contributed by atoms with E-state index in [-0.39, 0.29) is 5.41 Å². The molecule has 0 amide bonds. The first-order valence-corrected chi connectivity index (χ1v) is 7.48. The molecule has 1 heterocycles. The van der Waals surface area contributed by atoms with Gasteiger partial charge in [0.25, 0.3) is 0 Å². The van der Waals surface area contributed by atoms with Crippen LogP contribution < -0.4 is 0 Å². The predicted molar refractivity (Wildman–Crippen MR) is 69.4 cm³/mol. The summed E-state index contributed by atoms with van der Waals surface area (Å²) >= 11 is 6.34. The first-order valence-electron chi connectivity index (χ1n) is 5.23. The molecule has 0 saturated carbocycles. The van der Waals surface area contributed by atoms with Gasteiger partial charge in [-0.1, -0.05) is 62.3 Å². The number of halogens is 1. The van der Waals surface area contributed by atoms with Crippen molar-refractivity contribution in [2.45, 2.75) is 27.2 Å². The zero-order valence-electron chi connectivity index (χ0n) is 9.42. The number of hydrogen-bond donors (Lipinski definition) is 0. The van der Waals surface area contributed by atoms with Crippen LogP contribution in [0.25, 0.3) is 0 Å². The van der Waals surface area contributed by atoms with Crippen LogP contribution in [0.1, 0.15) is 26.3 Å². The van der Waals surface area contributed by atoms with Crippen LogP contribution in [0.3, 0.4) is 0 Å². The van der Waals surface area contributed by atoms with Crippen LogP contribution in [0.5, 0.6) is 0 Å². The van der Waals surface area contributed by atoms with Gasteiger partial charge in [0.2, 0.25) is 0 Å². The van der Waals surface area contributed by atoms with Crippen molar-refractivity contribution in [3.05, 3.63) is 46.5 Å². The molecule has 0 saturated heterocycles. The Hall–Kier alpha value is -0.320. The molecule has 2 rings (SSSR count). The number of benzene rings is 1. The maximum absolute atomic E-state index is 6.34. The highest BCUT2D eigenvalue weighted by atomic mass is 35.7. The molecule has 80 valence electrons. The Labute approximate surface area is 97.9 Å². The molecule has 0 fully saturated rings. The van der Waals surface area contributed by atoms with Gasteiger partial charge in [0.15, 0.2) is 0 Å². The molecular formula is C13H16ClP. The lowest BCUT2D eigenvalue weighted by Gasteiger charge is -2.13. The van der Waals surface area contributed by atoms with Gasteiger partial charge in [-0.3, -0.25) is 0 Å². The summed E-state index contributed by atoms with van der Waals surface area (Å²) < 4.78 is 0. The molecule has 0 spiro atoms. The fourth-order valence-electron chi connectivity index (χ4n) is 1.85. The summed E-state index contributed by atoms with van der Waals surface area (Å²) in [5.41, 5.74) is 1.64. The highest BCUT2D eigenvalue weighted by Crippen LogP contribution is 2.78. The summed E-state index contributed by atoms with van der Waals surface area (Å²) in [5.74, 6) is 0. The second-order valence-electron chi connectivity index (χ2n) is 4.99. The Bertz CT molecular complexity index is 387. The third-order valence-corrected chi connectivity index (χ3v) is 5.67. The SMILES string of the molecule is CC(C)(C)C1=C(Cc2ccccc2)[P@@]1Cl. The van der Waals surface area contributed by atoms with Crippen LogP contribution in [-0.4, -0.2) is 0 Å². The second-order valence-corrected chi connectivity index (χ2v) is 7.55. The van der Waals surface area contributed by atoms with Crippen molar-refractivity contribution in [2.24, 2.45) is 5.41 Å². The van der Waals surface area contributed by atoms with Crippen LogP contribution in [0.2, 0.25) is 0 Å². The third-order valence-electron chi connectivity index (χ3n) is 2.58. The van der Waals surface area contributed by atoms with Crippen molar-refractivity contribution in [1.82, 2.24) is 0 Å². The minimum absolute atomic E-state index is 0.261. The molecule has 0 nitrogen and oxygen atoms in total. The quantitative estimate of drug-likeness (QED) is 0.626. The van der Waals surface area contributed by atoms with E-state index in [1.165, 1.54) is 16.2 Å². The Morgan fingerprint density at radius 2 is 1.73 bits per heavy atom. The van der Waals surface area contributed by atoms with Gasteiger partial charge in [-0.05, 0) is 28.0 Å².